The highest BCUT2D eigenvalue weighted by atomic mass is 19.4. The monoisotopic (exact) mass is 401 g/mol. The molecule has 4 nitrogen and oxygen atoms in total. The number of nitrogens with zero attached hydrogens (tertiary/aromatic N) is 1. The van der Waals surface area contributed by atoms with Crippen LogP contribution in [0, 0.1) is 12.3 Å². The highest BCUT2D eigenvalue weighted by molar-refractivity contribution is 5.69. The first-order chi connectivity index (χ1) is 13.2. The van der Waals surface area contributed by atoms with E-state index in [9.17, 15) is 18.0 Å². The van der Waals surface area contributed by atoms with Gasteiger partial charge in [-0.25, -0.2) is 0 Å². The zero-order valence-electron chi connectivity index (χ0n) is 17.0. The molecular weight excluding hydrogens is 371 g/mol. The molecular formula is C21H30F3NO3. The Morgan fingerprint density at radius 2 is 1.79 bits per heavy atom. The minimum absolute atomic E-state index is 0.0108. The summed E-state index contributed by atoms with van der Waals surface area (Å²) in [4.78, 5) is 13.7. The van der Waals surface area contributed by atoms with Crippen molar-refractivity contribution < 1.29 is 27.4 Å². The number of halogens is 3. The number of ether oxygens (including phenoxy) is 2. The van der Waals surface area contributed by atoms with Gasteiger partial charge in [-0.15, -0.1) is 6.42 Å². The van der Waals surface area contributed by atoms with Gasteiger partial charge in [-0.1, -0.05) is 39.7 Å². The SMILES string of the molecule is C#C[C@H](COc1cccc(C(F)(F)F)c1)OC(=O)CCC.CCN(CC)CC. The number of benzene rings is 1. The summed E-state index contributed by atoms with van der Waals surface area (Å²) in [5, 5.41) is 0. The molecule has 0 radical (unpaired) electrons. The Balaban J connectivity index is 0.000000887. The summed E-state index contributed by atoms with van der Waals surface area (Å²) in [7, 11) is 0. The molecule has 0 spiro atoms. The van der Waals surface area contributed by atoms with Crippen LogP contribution in [0.5, 0.6) is 5.75 Å². The number of carbonyl (C=O) groups excluding carboxylic acids is 1. The molecule has 0 N–H and O–H groups in total. The van der Waals surface area contributed by atoms with Gasteiger partial charge in [0, 0.05) is 6.42 Å². The molecule has 0 unspecified atom stereocenters. The Bertz CT molecular complexity index is 602. The normalized spacial score (nSPS) is 11.8. The van der Waals surface area contributed by atoms with Crippen LogP contribution in [0.1, 0.15) is 46.1 Å². The number of terminal acetylenes is 1. The third-order valence-corrected chi connectivity index (χ3v) is 3.82. The molecule has 158 valence electrons. The van der Waals surface area contributed by atoms with Gasteiger partial charge >= 0.3 is 12.1 Å². The van der Waals surface area contributed by atoms with Crippen LogP contribution in [0.15, 0.2) is 24.3 Å². The molecule has 28 heavy (non-hydrogen) atoms. The van der Waals surface area contributed by atoms with Crippen molar-refractivity contribution in [3.63, 3.8) is 0 Å². The molecule has 0 bridgehead atoms. The fraction of sp³-hybridized carbons (Fsp3) is 0.571. The fourth-order valence-corrected chi connectivity index (χ4v) is 2.14. The second-order valence-electron chi connectivity index (χ2n) is 5.85. The molecule has 0 aliphatic rings. The summed E-state index contributed by atoms with van der Waals surface area (Å²) < 4.78 is 47.7. The van der Waals surface area contributed by atoms with Gasteiger partial charge in [-0.05, 0) is 44.3 Å². The van der Waals surface area contributed by atoms with Crippen LogP contribution in [0.2, 0.25) is 0 Å². The number of hydrogen-bond donors (Lipinski definition) is 0. The lowest BCUT2D eigenvalue weighted by atomic mass is 10.2. The Hall–Kier alpha value is -2.20. The third kappa shape index (κ3) is 10.8. The summed E-state index contributed by atoms with van der Waals surface area (Å²) in [6.45, 7) is 11.7. The lowest BCUT2D eigenvalue weighted by Gasteiger charge is -2.14. The number of esters is 1. The predicted molar refractivity (Wildman–Crippen MR) is 104 cm³/mol. The second-order valence-corrected chi connectivity index (χ2v) is 5.85. The van der Waals surface area contributed by atoms with E-state index in [0.29, 0.717) is 6.42 Å². The van der Waals surface area contributed by atoms with Crippen molar-refractivity contribution in [1.82, 2.24) is 4.90 Å². The zero-order valence-corrected chi connectivity index (χ0v) is 17.0. The maximum Gasteiger partial charge on any atom is 0.416 e. The van der Waals surface area contributed by atoms with Crippen LogP contribution in [0.4, 0.5) is 13.2 Å². The Kier molecular flexibility index (Phi) is 12.8. The van der Waals surface area contributed by atoms with Crippen molar-refractivity contribution in [2.24, 2.45) is 0 Å². The molecule has 0 aromatic heterocycles. The number of hydrogen-bond acceptors (Lipinski definition) is 4. The van der Waals surface area contributed by atoms with Crippen molar-refractivity contribution in [1.29, 1.82) is 0 Å². The molecule has 1 aromatic carbocycles. The van der Waals surface area contributed by atoms with Gasteiger partial charge in [-0.2, -0.15) is 13.2 Å². The summed E-state index contributed by atoms with van der Waals surface area (Å²) in [6.07, 6.45) is 0.655. The maximum absolute atomic E-state index is 12.5. The first-order valence-corrected chi connectivity index (χ1v) is 9.39. The maximum atomic E-state index is 12.5. The fourth-order valence-electron chi connectivity index (χ4n) is 2.14. The van der Waals surface area contributed by atoms with Gasteiger partial charge in [0.25, 0.3) is 0 Å². The largest absolute Gasteiger partial charge is 0.489 e. The molecule has 0 saturated heterocycles. The minimum atomic E-state index is -4.45. The van der Waals surface area contributed by atoms with E-state index in [-0.39, 0.29) is 18.8 Å². The van der Waals surface area contributed by atoms with Gasteiger partial charge in [0.15, 0.2) is 6.10 Å². The lowest BCUT2D eigenvalue weighted by molar-refractivity contribution is -0.147. The average Bonchev–Trinajstić information content (AvgIpc) is 2.67. The van der Waals surface area contributed by atoms with Crippen molar-refractivity contribution in [3.8, 4) is 18.1 Å². The molecule has 1 atom stereocenters. The molecule has 0 heterocycles. The van der Waals surface area contributed by atoms with E-state index in [1.54, 1.807) is 0 Å². The van der Waals surface area contributed by atoms with Gasteiger partial charge in [0.2, 0.25) is 0 Å². The van der Waals surface area contributed by atoms with Crippen LogP contribution in [-0.4, -0.2) is 43.2 Å². The van der Waals surface area contributed by atoms with E-state index in [0.717, 1.165) is 12.1 Å². The Labute approximate surface area is 166 Å². The van der Waals surface area contributed by atoms with Crippen LogP contribution in [-0.2, 0) is 15.7 Å². The first kappa shape index (κ1) is 25.8. The smallest absolute Gasteiger partial charge is 0.416 e. The van der Waals surface area contributed by atoms with Gasteiger partial charge in [0.1, 0.15) is 12.4 Å². The van der Waals surface area contributed by atoms with Crippen molar-refractivity contribution >= 4 is 5.97 Å². The summed E-state index contributed by atoms with van der Waals surface area (Å²) in [5.41, 5.74) is -0.819. The molecule has 0 aliphatic carbocycles. The van der Waals surface area contributed by atoms with Crippen LogP contribution < -0.4 is 4.74 Å². The van der Waals surface area contributed by atoms with Crippen LogP contribution in [0.25, 0.3) is 0 Å². The van der Waals surface area contributed by atoms with E-state index < -0.39 is 23.8 Å². The summed E-state index contributed by atoms with van der Waals surface area (Å²) in [6, 6.07) is 4.40. The quantitative estimate of drug-likeness (QED) is 0.441. The zero-order chi connectivity index (χ0) is 21.6. The van der Waals surface area contributed by atoms with Crippen molar-refractivity contribution in [2.45, 2.75) is 52.8 Å². The standard InChI is InChI=1S/C15H15F3O3.C6H15N/c1-3-6-14(19)21-12(4-2)10-20-13-8-5-7-11(9-13)15(16,17)18;1-4-7(5-2)6-3/h2,5,7-9,12H,3,6,10H2,1H3;4-6H2,1-3H3/t12-;/m1./s1. The topological polar surface area (TPSA) is 38.8 Å². The molecule has 7 heteroatoms. The second kappa shape index (κ2) is 13.9. The Morgan fingerprint density at radius 3 is 2.21 bits per heavy atom. The minimum Gasteiger partial charge on any atom is -0.489 e. The average molecular weight is 401 g/mol. The summed E-state index contributed by atoms with van der Waals surface area (Å²) >= 11 is 0. The van der Waals surface area contributed by atoms with Gasteiger partial charge in [0.05, 0.1) is 5.56 Å². The highest BCUT2D eigenvalue weighted by Crippen LogP contribution is 2.31. The van der Waals surface area contributed by atoms with Crippen LogP contribution >= 0.6 is 0 Å². The van der Waals surface area contributed by atoms with E-state index in [2.05, 4.69) is 31.6 Å². The number of carbonyl (C=O) groups is 1. The number of rotatable bonds is 9. The van der Waals surface area contributed by atoms with E-state index in [4.69, 9.17) is 15.9 Å². The summed E-state index contributed by atoms with van der Waals surface area (Å²) in [5.74, 6) is 1.76. The highest BCUT2D eigenvalue weighted by Gasteiger charge is 2.30. The molecule has 1 aromatic rings. The molecule has 0 fully saturated rings. The van der Waals surface area contributed by atoms with Gasteiger partial charge < -0.3 is 14.4 Å². The van der Waals surface area contributed by atoms with Gasteiger partial charge in [-0.3, -0.25) is 4.79 Å². The molecule has 1 rings (SSSR count). The molecule has 0 saturated carbocycles. The third-order valence-electron chi connectivity index (χ3n) is 3.82. The van der Waals surface area contributed by atoms with E-state index in [1.165, 1.54) is 31.8 Å². The predicted octanol–water partition coefficient (Wildman–Crippen LogP) is 4.78. The van der Waals surface area contributed by atoms with Crippen molar-refractivity contribution in [2.75, 3.05) is 26.2 Å². The van der Waals surface area contributed by atoms with E-state index in [1.807, 2.05) is 6.92 Å². The molecule has 0 aliphatic heterocycles. The first-order valence-electron chi connectivity index (χ1n) is 9.39. The number of alkyl halides is 3. The molecule has 0 amide bonds. The van der Waals surface area contributed by atoms with Crippen molar-refractivity contribution in [3.05, 3.63) is 29.8 Å². The van der Waals surface area contributed by atoms with Crippen LogP contribution in [0.3, 0.4) is 0 Å². The Morgan fingerprint density at radius 1 is 1.18 bits per heavy atom. The lowest BCUT2D eigenvalue weighted by Crippen LogP contribution is -2.23. The van der Waals surface area contributed by atoms with E-state index >= 15 is 0 Å².